The average Bonchev–Trinajstić information content (AvgIpc) is 2.55. The lowest BCUT2D eigenvalue weighted by atomic mass is 9.88. The minimum Gasteiger partial charge on any atom is -0.326 e. The first kappa shape index (κ1) is 13.7. The van der Waals surface area contributed by atoms with Gasteiger partial charge < -0.3 is 5.32 Å². The molecule has 1 aromatic heterocycles. The van der Waals surface area contributed by atoms with Gasteiger partial charge in [0.2, 0.25) is 5.91 Å². The summed E-state index contributed by atoms with van der Waals surface area (Å²) < 4.78 is 0. The number of hydrogen-bond acceptors (Lipinski definition) is 3. The van der Waals surface area contributed by atoms with Crippen LogP contribution in [0.5, 0.6) is 0 Å². The van der Waals surface area contributed by atoms with E-state index in [1.54, 1.807) is 6.07 Å². The molecule has 1 N–H and O–H groups in total. The Kier molecular flexibility index (Phi) is 3.95. The highest BCUT2D eigenvalue weighted by Gasteiger charge is 2.21. The molecule has 108 valence electrons. The van der Waals surface area contributed by atoms with E-state index in [1.807, 2.05) is 24.3 Å². The third-order valence-electron chi connectivity index (χ3n) is 4.07. The first-order valence-electron chi connectivity index (χ1n) is 7.43. The van der Waals surface area contributed by atoms with Gasteiger partial charge in [-0.1, -0.05) is 25.3 Å². The van der Waals surface area contributed by atoms with E-state index in [0.717, 1.165) is 48.6 Å². The van der Waals surface area contributed by atoms with E-state index in [1.165, 1.54) is 6.42 Å². The van der Waals surface area contributed by atoms with Gasteiger partial charge in [-0.3, -0.25) is 9.59 Å². The molecule has 1 aliphatic carbocycles. The third-order valence-corrected chi connectivity index (χ3v) is 4.07. The van der Waals surface area contributed by atoms with Gasteiger partial charge in [0, 0.05) is 17.0 Å². The first-order valence-corrected chi connectivity index (χ1v) is 7.43. The van der Waals surface area contributed by atoms with Gasteiger partial charge in [0.15, 0.2) is 6.29 Å². The van der Waals surface area contributed by atoms with Gasteiger partial charge in [-0.05, 0) is 37.1 Å². The summed E-state index contributed by atoms with van der Waals surface area (Å²) in [6, 6.07) is 9.10. The Bertz CT molecular complexity index is 676. The molecule has 1 aromatic carbocycles. The number of benzene rings is 1. The second-order valence-electron chi connectivity index (χ2n) is 5.59. The zero-order valence-corrected chi connectivity index (χ0v) is 11.8. The Morgan fingerprint density at radius 3 is 2.71 bits per heavy atom. The van der Waals surface area contributed by atoms with E-state index in [-0.39, 0.29) is 11.8 Å². The summed E-state index contributed by atoms with van der Waals surface area (Å²) in [6.45, 7) is 0. The summed E-state index contributed by atoms with van der Waals surface area (Å²) >= 11 is 0. The van der Waals surface area contributed by atoms with Gasteiger partial charge in [0.05, 0.1) is 5.52 Å². The highest BCUT2D eigenvalue weighted by Crippen LogP contribution is 2.25. The van der Waals surface area contributed by atoms with Crippen LogP contribution >= 0.6 is 0 Å². The smallest absolute Gasteiger partial charge is 0.227 e. The number of amides is 1. The largest absolute Gasteiger partial charge is 0.326 e. The number of rotatable bonds is 3. The number of carbonyl (C=O) groups excluding carboxylic acids is 2. The highest BCUT2D eigenvalue weighted by molar-refractivity contribution is 5.95. The minimum absolute atomic E-state index is 0.117. The van der Waals surface area contributed by atoms with Crippen LogP contribution in [0.3, 0.4) is 0 Å². The number of fused-ring (bicyclic) bond motifs is 1. The van der Waals surface area contributed by atoms with Crippen molar-refractivity contribution in [2.75, 3.05) is 5.32 Å². The fourth-order valence-electron chi connectivity index (χ4n) is 2.89. The van der Waals surface area contributed by atoms with E-state index in [2.05, 4.69) is 10.3 Å². The van der Waals surface area contributed by atoms with E-state index >= 15 is 0 Å². The van der Waals surface area contributed by atoms with Gasteiger partial charge in [0.1, 0.15) is 5.69 Å². The Labute approximate surface area is 123 Å². The predicted molar refractivity (Wildman–Crippen MR) is 82.3 cm³/mol. The van der Waals surface area contributed by atoms with Crippen LogP contribution in [0.1, 0.15) is 42.6 Å². The molecule has 1 aliphatic rings. The summed E-state index contributed by atoms with van der Waals surface area (Å²) in [5, 5.41) is 3.91. The van der Waals surface area contributed by atoms with Crippen molar-refractivity contribution < 1.29 is 9.59 Å². The lowest BCUT2D eigenvalue weighted by Gasteiger charge is -2.20. The van der Waals surface area contributed by atoms with Gasteiger partial charge in [-0.2, -0.15) is 0 Å². The highest BCUT2D eigenvalue weighted by atomic mass is 16.1. The number of aldehydes is 1. The van der Waals surface area contributed by atoms with Crippen LogP contribution in [0.25, 0.3) is 10.9 Å². The molecule has 0 bridgehead atoms. The molecule has 0 atom stereocenters. The standard InChI is InChI=1S/C17H18N2O2/c20-11-15-7-6-13-10-14(8-9-16(13)18-15)19-17(21)12-4-2-1-3-5-12/h6-12H,1-5H2,(H,19,21). The maximum absolute atomic E-state index is 12.2. The van der Waals surface area contributed by atoms with Gasteiger partial charge >= 0.3 is 0 Å². The number of aromatic nitrogens is 1. The van der Waals surface area contributed by atoms with E-state index < -0.39 is 0 Å². The van der Waals surface area contributed by atoms with Crippen molar-refractivity contribution in [2.45, 2.75) is 32.1 Å². The molecule has 2 aromatic rings. The Hall–Kier alpha value is -2.23. The van der Waals surface area contributed by atoms with E-state index in [4.69, 9.17) is 0 Å². The number of anilines is 1. The number of nitrogens with zero attached hydrogens (tertiary/aromatic N) is 1. The van der Waals surface area contributed by atoms with Crippen molar-refractivity contribution in [1.82, 2.24) is 4.98 Å². The van der Waals surface area contributed by atoms with Crippen LogP contribution in [0, 0.1) is 5.92 Å². The molecule has 4 nitrogen and oxygen atoms in total. The molecule has 4 heteroatoms. The maximum Gasteiger partial charge on any atom is 0.227 e. The molecule has 0 unspecified atom stereocenters. The van der Waals surface area contributed by atoms with Gasteiger partial charge in [-0.15, -0.1) is 0 Å². The normalized spacial score (nSPS) is 15.8. The molecule has 3 rings (SSSR count). The second-order valence-corrected chi connectivity index (χ2v) is 5.59. The molecule has 0 saturated heterocycles. The molecule has 21 heavy (non-hydrogen) atoms. The molecular weight excluding hydrogens is 264 g/mol. The quantitative estimate of drug-likeness (QED) is 0.875. The lowest BCUT2D eigenvalue weighted by molar-refractivity contribution is -0.120. The van der Waals surface area contributed by atoms with Crippen molar-refractivity contribution >= 4 is 28.8 Å². The Morgan fingerprint density at radius 1 is 1.14 bits per heavy atom. The van der Waals surface area contributed by atoms with Crippen molar-refractivity contribution in [1.29, 1.82) is 0 Å². The molecule has 0 spiro atoms. The van der Waals surface area contributed by atoms with Crippen molar-refractivity contribution in [3.8, 4) is 0 Å². The summed E-state index contributed by atoms with van der Waals surface area (Å²) in [7, 11) is 0. The second kappa shape index (κ2) is 6.04. The molecule has 1 amide bonds. The Morgan fingerprint density at radius 2 is 1.95 bits per heavy atom. The number of pyridine rings is 1. The van der Waals surface area contributed by atoms with Crippen molar-refractivity contribution in [2.24, 2.45) is 5.92 Å². The van der Waals surface area contributed by atoms with Crippen molar-refractivity contribution in [3.63, 3.8) is 0 Å². The van der Waals surface area contributed by atoms with Gasteiger partial charge in [0.25, 0.3) is 0 Å². The summed E-state index contributed by atoms with van der Waals surface area (Å²) in [6.07, 6.45) is 6.25. The zero-order chi connectivity index (χ0) is 14.7. The predicted octanol–water partition coefficient (Wildman–Crippen LogP) is 3.57. The van der Waals surface area contributed by atoms with Crippen LogP contribution in [0.4, 0.5) is 5.69 Å². The van der Waals surface area contributed by atoms with Crippen LogP contribution in [0.15, 0.2) is 30.3 Å². The molecule has 1 heterocycles. The monoisotopic (exact) mass is 282 g/mol. The van der Waals surface area contributed by atoms with E-state index in [9.17, 15) is 9.59 Å². The van der Waals surface area contributed by atoms with Crippen LogP contribution in [-0.2, 0) is 4.79 Å². The molecule has 0 radical (unpaired) electrons. The first-order chi connectivity index (χ1) is 10.3. The summed E-state index contributed by atoms with van der Waals surface area (Å²) in [5.74, 6) is 0.261. The average molecular weight is 282 g/mol. The van der Waals surface area contributed by atoms with Crippen LogP contribution in [-0.4, -0.2) is 17.2 Å². The lowest BCUT2D eigenvalue weighted by Crippen LogP contribution is -2.24. The Balaban J connectivity index is 1.77. The minimum atomic E-state index is 0.117. The van der Waals surface area contributed by atoms with Crippen molar-refractivity contribution in [3.05, 3.63) is 36.0 Å². The zero-order valence-electron chi connectivity index (χ0n) is 11.8. The molecule has 1 saturated carbocycles. The van der Waals surface area contributed by atoms with E-state index in [0.29, 0.717) is 5.69 Å². The van der Waals surface area contributed by atoms with Crippen LogP contribution < -0.4 is 5.32 Å². The summed E-state index contributed by atoms with van der Waals surface area (Å²) in [5.41, 5.74) is 1.97. The van der Waals surface area contributed by atoms with Gasteiger partial charge in [-0.25, -0.2) is 4.98 Å². The number of hydrogen-bond donors (Lipinski definition) is 1. The summed E-state index contributed by atoms with van der Waals surface area (Å²) in [4.78, 5) is 27.2. The third kappa shape index (κ3) is 3.10. The van der Waals surface area contributed by atoms with Crippen LogP contribution in [0.2, 0.25) is 0 Å². The topological polar surface area (TPSA) is 59.1 Å². The molecule has 1 fully saturated rings. The molecule has 0 aliphatic heterocycles. The SMILES string of the molecule is O=Cc1ccc2cc(NC(=O)C3CCCCC3)ccc2n1. The molecular formula is C17H18N2O2. The fraction of sp³-hybridized carbons (Fsp3) is 0.353. The maximum atomic E-state index is 12.2. The number of carbonyl (C=O) groups is 2. The fourth-order valence-corrected chi connectivity index (χ4v) is 2.89. The number of nitrogens with one attached hydrogen (secondary N) is 1.